The van der Waals surface area contributed by atoms with Gasteiger partial charge in [-0.05, 0) is 67.5 Å². The molecule has 0 spiro atoms. The summed E-state index contributed by atoms with van der Waals surface area (Å²) in [5, 5.41) is 3.30. The lowest BCUT2D eigenvalue weighted by molar-refractivity contribution is -0.123. The van der Waals surface area contributed by atoms with E-state index in [1.54, 1.807) is 31.6 Å². The number of methoxy groups -OCH3 is 1. The topological polar surface area (TPSA) is 59.4 Å². The Balaban J connectivity index is 1.61. The van der Waals surface area contributed by atoms with Gasteiger partial charge in [0, 0.05) is 6.20 Å². The van der Waals surface area contributed by atoms with Crippen molar-refractivity contribution in [3.8, 4) is 11.4 Å². The van der Waals surface area contributed by atoms with Crippen molar-refractivity contribution in [3.63, 3.8) is 0 Å². The minimum atomic E-state index is -0.333. The summed E-state index contributed by atoms with van der Waals surface area (Å²) < 4.78 is 20.7. The predicted octanol–water partition coefficient (Wildman–Crippen LogP) is 4.15. The van der Waals surface area contributed by atoms with Crippen LogP contribution in [0.2, 0.25) is 0 Å². The van der Waals surface area contributed by atoms with E-state index >= 15 is 0 Å². The van der Waals surface area contributed by atoms with Crippen molar-refractivity contribution in [2.24, 2.45) is 0 Å². The molecule has 6 nitrogen and oxygen atoms in total. The van der Waals surface area contributed by atoms with Gasteiger partial charge in [0.1, 0.15) is 17.3 Å². The molecule has 1 saturated heterocycles. The maximum atomic E-state index is 13.2. The first-order chi connectivity index (χ1) is 14.9. The molecule has 1 aliphatic rings. The summed E-state index contributed by atoms with van der Waals surface area (Å²) in [5.41, 5.74) is 3.69. The number of carbonyl (C=O) groups is 1. The van der Waals surface area contributed by atoms with E-state index in [2.05, 4.69) is 10.3 Å². The third kappa shape index (κ3) is 4.06. The van der Waals surface area contributed by atoms with Crippen LogP contribution in [0.1, 0.15) is 29.8 Å². The maximum absolute atomic E-state index is 13.2. The molecule has 1 fully saturated rings. The summed E-state index contributed by atoms with van der Waals surface area (Å²) in [4.78, 5) is 18.8. The minimum Gasteiger partial charge on any atom is -0.495 e. The summed E-state index contributed by atoms with van der Waals surface area (Å²) in [6.07, 6.45) is 5.36. The Morgan fingerprint density at radius 2 is 1.97 bits per heavy atom. The first-order valence-corrected chi connectivity index (χ1v) is 10.1. The summed E-state index contributed by atoms with van der Waals surface area (Å²) >= 11 is 5.39. The molecule has 0 saturated carbocycles. The number of aromatic nitrogens is 2. The monoisotopic (exact) mass is 436 g/mol. The molecule has 1 N–H and O–H groups in total. The number of halogens is 1. The molecule has 1 unspecified atom stereocenters. The smallest absolute Gasteiger partial charge is 0.277 e. The van der Waals surface area contributed by atoms with Crippen LogP contribution in [-0.4, -0.2) is 32.6 Å². The van der Waals surface area contributed by atoms with Crippen molar-refractivity contribution in [2.45, 2.75) is 19.9 Å². The molecule has 0 bridgehead atoms. The number of benzene rings is 2. The number of amides is 1. The highest BCUT2D eigenvalue weighted by atomic mass is 32.1. The second-order valence-corrected chi connectivity index (χ2v) is 7.63. The second kappa shape index (κ2) is 8.31. The molecule has 0 aliphatic carbocycles. The first-order valence-electron chi connectivity index (χ1n) is 9.68. The maximum Gasteiger partial charge on any atom is 0.277 e. The van der Waals surface area contributed by atoms with Crippen LogP contribution in [0.15, 0.2) is 60.7 Å². The van der Waals surface area contributed by atoms with Gasteiger partial charge in [0.15, 0.2) is 5.11 Å². The molecule has 3 aromatic rings. The highest BCUT2D eigenvalue weighted by Crippen LogP contribution is 2.29. The number of nitrogens with zero attached hydrogens (tertiary/aromatic N) is 3. The van der Waals surface area contributed by atoms with Crippen LogP contribution in [0, 0.1) is 12.7 Å². The number of thiocarbonyl (C=S) groups is 1. The molecule has 1 atom stereocenters. The standard InChI is InChI=1S/C23H21FN4O2S/c1-14-12-27(13-25-14)20-9-4-16(11-21(20)30-3)10-19-22(29)28(23(31)26-19)15(2)17-5-7-18(24)8-6-17/h4-13,15H,1-3H3,(H,26,31)/b19-10-. The Morgan fingerprint density at radius 1 is 1.23 bits per heavy atom. The third-order valence-corrected chi connectivity index (χ3v) is 5.45. The van der Waals surface area contributed by atoms with Gasteiger partial charge < -0.3 is 14.6 Å². The Kier molecular flexibility index (Phi) is 5.56. The number of aryl methyl sites for hydroxylation is 1. The van der Waals surface area contributed by atoms with E-state index in [4.69, 9.17) is 17.0 Å². The van der Waals surface area contributed by atoms with Gasteiger partial charge in [-0.1, -0.05) is 18.2 Å². The molecule has 158 valence electrons. The van der Waals surface area contributed by atoms with Gasteiger partial charge in [0.2, 0.25) is 0 Å². The van der Waals surface area contributed by atoms with Gasteiger partial charge in [0.05, 0.1) is 30.9 Å². The van der Waals surface area contributed by atoms with Gasteiger partial charge in [0.25, 0.3) is 5.91 Å². The van der Waals surface area contributed by atoms with E-state index < -0.39 is 0 Å². The Bertz CT molecular complexity index is 1190. The summed E-state index contributed by atoms with van der Waals surface area (Å²) in [5.74, 6) is 0.0830. The number of carbonyl (C=O) groups excluding carboxylic acids is 1. The van der Waals surface area contributed by atoms with Gasteiger partial charge in [-0.15, -0.1) is 0 Å². The third-order valence-electron chi connectivity index (χ3n) is 5.15. The molecular formula is C23H21FN4O2S. The van der Waals surface area contributed by atoms with Gasteiger partial charge >= 0.3 is 0 Å². The molecule has 1 amide bonds. The normalized spacial score (nSPS) is 16.0. The minimum absolute atomic E-state index is 0.241. The zero-order valence-corrected chi connectivity index (χ0v) is 18.1. The molecule has 1 aliphatic heterocycles. The van der Waals surface area contributed by atoms with Crippen molar-refractivity contribution in [1.29, 1.82) is 0 Å². The van der Waals surface area contributed by atoms with E-state index in [1.165, 1.54) is 17.0 Å². The molecule has 2 heterocycles. The van der Waals surface area contributed by atoms with E-state index in [0.29, 0.717) is 16.6 Å². The van der Waals surface area contributed by atoms with Crippen molar-refractivity contribution < 1.29 is 13.9 Å². The zero-order chi connectivity index (χ0) is 22.1. The highest BCUT2D eigenvalue weighted by Gasteiger charge is 2.34. The van der Waals surface area contributed by atoms with Crippen LogP contribution in [0.3, 0.4) is 0 Å². The lowest BCUT2D eigenvalue weighted by atomic mass is 10.1. The predicted molar refractivity (Wildman–Crippen MR) is 120 cm³/mol. The summed E-state index contributed by atoms with van der Waals surface area (Å²) in [6.45, 7) is 3.77. The Hall–Kier alpha value is -3.52. The number of nitrogens with one attached hydrogen (secondary N) is 1. The van der Waals surface area contributed by atoms with Crippen LogP contribution in [0.5, 0.6) is 5.75 Å². The van der Waals surface area contributed by atoms with E-state index in [9.17, 15) is 9.18 Å². The lowest BCUT2D eigenvalue weighted by Gasteiger charge is -2.23. The largest absolute Gasteiger partial charge is 0.495 e. The average Bonchev–Trinajstić information content (AvgIpc) is 3.30. The number of imidazole rings is 1. The summed E-state index contributed by atoms with van der Waals surface area (Å²) in [7, 11) is 1.60. The fourth-order valence-corrected chi connectivity index (χ4v) is 3.86. The second-order valence-electron chi connectivity index (χ2n) is 7.24. The number of hydrogen-bond donors (Lipinski definition) is 1. The van der Waals surface area contributed by atoms with Crippen molar-refractivity contribution >= 4 is 29.3 Å². The fraction of sp³-hybridized carbons (Fsp3) is 0.174. The SMILES string of the molecule is COc1cc(/C=C2\NC(=S)N(C(C)c3ccc(F)cc3)C2=O)ccc1-n1cnc(C)c1. The van der Waals surface area contributed by atoms with E-state index in [1.807, 2.05) is 42.8 Å². The first kappa shape index (κ1) is 20.7. The quantitative estimate of drug-likeness (QED) is 0.481. The lowest BCUT2D eigenvalue weighted by Crippen LogP contribution is -2.33. The van der Waals surface area contributed by atoms with E-state index in [0.717, 1.165) is 22.5 Å². The molecule has 2 aromatic carbocycles. The van der Waals surface area contributed by atoms with Crippen LogP contribution >= 0.6 is 12.2 Å². The van der Waals surface area contributed by atoms with Crippen LogP contribution in [0.25, 0.3) is 11.8 Å². The molecule has 31 heavy (non-hydrogen) atoms. The molecule has 4 rings (SSSR count). The fourth-order valence-electron chi connectivity index (χ4n) is 3.51. The Morgan fingerprint density at radius 3 is 2.61 bits per heavy atom. The zero-order valence-electron chi connectivity index (χ0n) is 17.3. The van der Waals surface area contributed by atoms with Crippen molar-refractivity contribution in [3.05, 3.63) is 83.3 Å². The number of rotatable bonds is 5. The van der Waals surface area contributed by atoms with E-state index in [-0.39, 0.29) is 17.8 Å². The molecule has 8 heteroatoms. The molecule has 1 aromatic heterocycles. The number of hydrogen-bond acceptors (Lipinski definition) is 4. The van der Waals surface area contributed by atoms with Gasteiger partial charge in [-0.3, -0.25) is 9.69 Å². The van der Waals surface area contributed by atoms with Gasteiger partial charge in [-0.25, -0.2) is 9.37 Å². The number of ether oxygens (including phenoxy) is 1. The van der Waals surface area contributed by atoms with Crippen LogP contribution < -0.4 is 10.1 Å². The summed E-state index contributed by atoms with van der Waals surface area (Å²) in [6, 6.07) is 11.4. The molecular weight excluding hydrogens is 415 g/mol. The van der Waals surface area contributed by atoms with Crippen molar-refractivity contribution in [2.75, 3.05) is 7.11 Å². The highest BCUT2D eigenvalue weighted by molar-refractivity contribution is 7.80. The van der Waals surface area contributed by atoms with Crippen LogP contribution in [-0.2, 0) is 4.79 Å². The Labute approximate surface area is 185 Å². The van der Waals surface area contributed by atoms with Gasteiger partial charge in [-0.2, -0.15) is 0 Å². The van der Waals surface area contributed by atoms with Crippen LogP contribution in [0.4, 0.5) is 4.39 Å². The molecule has 0 radical (unpaired) electrons. The average molecular weight is 437 g/mol. The van der Waals surface area contributed by atoms with Crippen molar-refractivity contribution in [1.82, 2.24) is 19.8 Å².